The zero-order valence-corrected chi connectivity index (χ0v) is 11.7. The van der Waals surface area contributed by atoms with Gasteiger partial charge in [0.2, 0.25) is 5.89 Å². The van der Waals surface area contributed by atoms with Crippen LogP contribution in [0.15, 0.2) is 15.9 Å². The highest BCUT2D eigenvalue weighted by Crippen LogP contribution is 2.26. The van der Waals surface area contributed by atoms with Crippen molar-refractivity contribution in [3.05, 3.63) is 22.2 Å². The van der Waals surface area contributed by atoms with E-state index in [9.17, 15) is 4.79 Å². The number of nitrogens with zero attached hydrogens (tertiary/aromatic N) is 2. The molecular weight excluding hydrogens is 280 g/mol. The summed E-state index contributed by atoms with van der Waals surface area (Å²) in [5.74, 6) is 0.729. The summed E-state index contributed by atoms with van der Waals surface area (Å²) in [7, 11) is 1.52. The van der Waals surface area contributed by atoms with Crippen molar-refractivity contribution in [3.8, 4) is 5.75 Å². The normalized spacial score (nSPS) is 18.1. The van der Waals surface area contributed by atoms with Gasteiger partial charge in [-0.05, 0) is 30.8 Å². The van der Waals surface area contributed by atoms with Gasteiger partial charge in [-0.3, -0.25) is 10.1 Å². The Balaban J connectivity index is 1.70. The summed E-state index contributed by atoms with van der Waals surface area (Å²) in [5.41, 5.74) is 0. The second kappa shape index (κ2) is 5.59. The Kier molecular flexibility index (Phi) is 3.66. The number of thiophene rings is 1. The van der Waals surface area contributed by atoms with Crippen LogP contribution >= 0.6 is 11.3 Å². The maximum atomic E-state index is 12.1. The molecule has 3 heterocycles. The van der Waals surface area contributed by atoms with Gasteiger partial charge >= 0.3 is 6.01 Å². The van der Waals surface area contributed by atoms with E-state index in [1.54, 1.807) is 11.4 Å². The average Bonchev–Trinajstić information content (AvgIpc) is 3.19. The van der Waals surface area contributed by atoms with E-state index in [0.717, 1.165) is 19.4 Å². The highest BCUT2D eigenvalue weighted by atomic mass is 32.1. The summed E-state index contributed by atoms with van der Waals surface area (Å²) >= 11 is 1.29. The molecule has 0 aromatic carbocycles. The fourth-order valence-electron chi connectivity index (χ4n) is 2.10. The molecule has 20 heavy (non-hydrogen) atoms. The largest absolute Gasteiger partial charge is 0.495 e. The first kappa shape index (κ1) is 13.1. The molecule has 2 N–H and O–H groups in total. The van der Waals surface area contributed by atoms with Crippen LogP contribution < -0.4 is 15.4 Å². The molecule has 1 aliphatic rings. The lowest BCUT2D eigenvalue weighted by atomic mass is 10.2. The third kappa shape index (κ3) is 2.52. The molecule has 7 nitrogen and oxygen atoms in total. The zero-order valence-electron chi connectivity index (χ0n) is 10.9. The van der Waals surface area contributed by atoms with Crippen molar-refractivity contribution in [2.75, 3.05) is 19.0 Å². The summed E-state index contributed by atoms with van der Waals surface area (Å²) < 4.78 is 10.6. The lowest BCUT2D eigenvalue weighted by molar-refractivity contribution is 0.102. The van der Waals surface area contributed by atoms with Crippen molar-refractivity contribution in [2.24, 2.45) is 0 Å². The van der Waals surface area contributed by atoms with Crippen LogP contribution in [-0.2, 0) is 0 Å². The molecule has 0 saturated carbocycles. The Labute approximate surface area is 119 Å². The molecule has 0 aliphatic carbocycles. The molecule has 2 aromatic heterocycles. The van der Waals surface area contributed by atoms with Gasteiger partial charge in [0, 0.05) is 0 Å². The summed E-state index contributed by atoms with van der Waals surface area (Å²) in [4.78, 5) is 12.5. The van der Waals surface area contributed by atoms with E-state index in [-0.39, 0.29) is 18.0 Å². The molecule has 0 spiro atoms. The van der Waals surface area contributed by atoms with Crippen molar-refractivity contribution in [2.45, 2.75) is 18.9 Å². The Morgan fingerprint density at radius 2 is 2.50 bits per heavy atom. The monoisotopic (exact) mass is 294 g/mol. The SMILES string of the molecule is COc1ccsc1C(=O)Nc1nnc(C2CCCN2)o1. The molecule has 0 bridgehead atoms. The quantitative estimate of drug-likeness (QED) is 0.894. The van der Waals surface area contributed by atoms with Crippen molar-refractivity contribution >= 4 is 23.3 Å². The molecular formula is C12H14N4O3S. The van der Waals surface area contributed by atoms with Gasteiger partial charge < -0.3 is 14.5 Å². The third-order valence-electron chi connectivity index (χ3n) is 3.07. The topological polar surface area (TPSA) is 89.3 Å². The molecule has 1 unspecified atom stereocenters. The van der Waals surface area contributed by atoms with Crippen LogP contribution in [0.25, 0.3) is 0 Å². The minimum atomic E-state index is -0.313. The van der Waals surface area contributed by atoms with Gasteiger partial charge in [-0.25, -0.2) is 0 Å². The smallest absolute Gasteiger partial charge is 0.322 e. The van der Waals surface area contributed by atoms with Gasteiger partial charge in [-0.2, -0.15) is 0 Å². The van der Waals surface area contributed by atoms with E-state index in [1.807, 2.05) is 0 Å². The minimum absolute atomic E-state index is 0.0874. The van der Waals surface area contributed by atoms with E-state index in [0.29, 0.717) is 16.5 Å². The van der Waals surface area contributed by atoms with Gasteiger partial charge in [0.05, 0.1) is 13.2 Å². The first-order chi connectivity index (χ1) is 9.78. The maximum Gasteiger partial charge on any atom is 0.322 e. The van der Waals surface area contributed by atoms with E-state index < -0.39 is 0 Å². The van der Waals surface area contributed by atoms with Crippen LogP contribution in [0.2, 0.25) is 0 Å². The van der Waals surface area contributed by atoms with Crippen molar-refractivity contribution in [1.29, 1.82) is 0 Å². The maximum absolute atomic E-state index is 12.1. The minimum Gasteiger partial charge on any atom is -0.495 e. The number of methoxy groups -OCH3 is 1. The second-order valence-electron chi connectivity index (χ2n) is 4.37. The second-order valence-corrected chi connectivity index (χ2v) is 5.28. The first-order valence-corrected chi connectivity index (χ1v) is 7.15. The van der Waals surface area contributed by atoms with Crippen LogP contribution in [0.3, 0.4) is 0 Å². The van der Waals surface area contributed by atoms with Crippen molar-refractivity contribution in [3.63, 3.8) is 0 Å². The number of hydrogen-bond acceptors (Lipinski definition) is 7. The highest BCUT2D eigenvalue weighted by molar-refractivity contribution is 7.12. The number of anilines is 1. The molecule has 1 fully saturated rings. The standard InChI is InChI=1S/C12H14N4O3S/c1-18-8-4-6-20-9(8)10(17)14-12-16-15-11(19-12)7-3-2-5-13-7/h4,6-7,13H,2-3,5H2,1H3,(H,14,16,17). The third-order valence-corrected chi connectivity index (χ3v) is 3.97. The molecule has 2 aromatic rings. The lowest BCUT2D eigenvalue weighted by Gasteiger charge is -2.03. The fourth-order valence-corrected chi connectivity index (χ4v) is 2.85. The zero-order chi connectivity index (χ0) is 13.9. The van der Waals surface area contributed by atoms with E-state index in [1.165, 1.54) is 18.4 Å². The van der Waals surface area contributed by atoms with E-state index in [2.05, 4.69) is 20.8 Å². The molecule has 1 saturated heterocycles. The highest BCUT2D eigenvalue weighted by Gasteiger charge is 2.23. The van der Waals surface area contributed by atoms with Gasteiger partial charge in [-0.15, -0.1) is 16.4 Å². The number of carbonyl (C=O) groups excluding carboxylic acids is 1. The summed E-state index contributed by atoms with van der Waals surface area (Å²) in [6.45, 7) is 0.946. The first-order valence-electron chi connectivity index (χ1n) is 6.27. The summed E-state index contributed by atoms with van der Waals surface area (Å²) in [5, 5.41) is 15.4. The molecule has 3 rings (SSSR count). The Morgan fingerprint density at radius 3 is 3.25 bits per heavy atom. The predicted octanol–water partition coefficient (Wildman–Crippen LogP) is 1.82. The van der Waals surface area contributed by atoms with Gasteiger partial charge in [-0.1, -0.05) is 5.10 Å². The van der Waals surface area contributed by atoms with E-state index >= 15 is 0 Å². The molecule has 1 atom stereocenters. The number of amides is 1. The van der Waals surface area contributed by atoms with Crippen molar-refractivity contribution in [1.82, 2.24) is 15.5 Å². The number of hydrogen-bond donors (Lipinski definition) is 2. The Hall–Kier alpha value is -1.93. The fraction of sp³-hybridized carbons (Fsp3) is 0.417. The Morgan fingerprint density at radius 1 is 1.60 bits per heavy atom. The molecule has 1 aliphatic heterocycles. The van der Waals surface area contributed by atoms with Gasteiger partial charge in [0.1, 0.15) is 10.6 Å². The number of nitrogens with one attached hydrogen (secondary N) is 2. The van der Waals surface area contributed by atoms with Crippen LogP contribution in [-0.4, -0.2) is 29.8 Å². The van der Waals surface area contributed by atoms with Crippen LogP contribution in [0, 0.1) is 0 Å². The van der Waals surface area contributed by atoms with Crippen LogP contribution in [0.1, 0.15) is 34.4 Å². The number of ether oxygens (including phenoxy) is 1. The molecule has 0 radical (unpaired) electrons. The molecule has 106 valence electrons. The summed E-state index contributed by atoms with van der Waals surface area (Å²) in [6, 6.07) is 1.93. The van der Waals surface area contributed by atoms with Crippen LogP contribution in [0.4, 0.5) is 6.01 Å². The lowest BCUT2D eigenvalue weighted by Crippen LogP contribution is -2.13. The number of carbonyl (C=O) groups is 1. The Bertz CT molecular complexity index is 603. The number of aromatic nitrogens is 2. The van der Waals surface area contributed by atoms with Crippen LogP contribution in [0.5, 0.6) is 5.75 Å². The van der Waals surface area contributed by atoms with Crippen molar-refractivity contribution < 1.29 is 13.9 Å². The van der Waals surface area contributed by atoms with E-state index in [4.69, 9.17) is 9.15 Å². The molecule has 1 amide bonds. The number of rotatable bonds is 4. The van der Waals surface area contributed by atoms with Gasteiger partial charge in [0.25, 0.3) is 5.91 Å². The predicted molar refractivity (Wildman–Crippen MR) is 73.1 cm³/mol. The molecule has 8 heteroatoms. The average molecular weight is 294 g/mol. The van der Waals surface area contributed by atoms with Gasteiger partial charge in [0.15, 0.2) is 0 Å². The summed E-state index contributed by atoms with van der Waals surface area (Å²) in [6.07, 6.45) is 2.05.